The number of hydrogen-bond donors (Lipinski definition) is 1. The summed E-state index contributed by atoms with van der Waals surface area (Å²) < 4.78 is 11.4. The molecule has 0 spiro atoms. The summed E-state index contributed by atoms with van der Waals surface area (Å²) >= 11 is 0. The van der Waals surface area contributed by atoms with E-state index in [-0.39, 0.29) is 12.2 Å². The van der Waals surface area contributed by atoms with Crippen LogP contribution in [0.15, 0.2) is 75.9 Å². The number of esters is 1. The molecule has 5 aromatic rings. The highest BCUT2D eigenvalue weighted by molar-refractivity contribution is 6.20. The first-order valence-corrected chi connectivity index (χ1v) is 9.42. The fraction of sp³-hybridized carbons (Fsp3) is 0.0833. The van der Waals surface area contributed by atoms with E-state index in [4.69, 9.17) is 9.15 Å². The van der Waals surface area contributed by atoms with Gasteiger partial charge in [-0.1, -0.05) is 60.7 Å². The number of H-pyrrole nitrogens is 1. The number of furan rings is 1. The first-order valence-electron chi connectivity index (χ1n) is 9.42. The van der Waals surface area contributed by atoms with E-state index < -0.39 is 11.5 Å². The number of ether oxygens (including phenoxy) is 1. The summed E-state index contributed by atoms with van der Waals surface area (Å²) in [5.74, 6) is -0.667. The van der Waals surface area contributed by atoms with Gasteiger partial charge in [-0.25, -0.2) is 4.79 Å². The van der Waals surface area contributed by atoms with Crippen LogP contribution in [0, 0.1) is 0 Å². The Bertz CT molecular complexity index is 1440. The summed E-state index contributed by atoms with van der Waals surface area (Å²) in [6, 6.07) is 21.1. The third-order valence-electron chi connectivity index (χ3n) is 5.06. The van der Waals surface area contributed by atoms with Crippen LogP contribution in [0.1, 0.15) is 17.3 Å². The standard InChI is InChI=1S/C24H17NO4/c1-2-28-24(27)20-18(15-9-4-3-5-10-15)22-21(25-23(20)26)19-16-11-7-6-8-14(16)12-13-17(19)29-22/h3-13H,2H2,1H3,(H,25,26). The van der Waals surface area contributed by atoms with E-state index in [1.807, 2.05) is 66.7 Å². The third kappa shape index (κ3) is 2.63. The highest BCUT2D eigenvalue weighted by Gasteiger charge is 2.25. The van der Waals surface area contributed by atoms with Crippen molar-refractivity contribution >= 4 is 38.8 Å². The van der Waals surface area contributed by atoms with Gasteiger partial charge in [0.25, 0.3) is 5.56 Å². The van der Waals surface area contributed by atoms with E-state index in [0.717, 1.165) is 21.7 Å². The number of hydrogen-bond acceptors (Lipinski definition) is 4. The maximum absolute atomic E-state index is 13.0. The summed E-state index contributed by atoms with van der Waals surface area (Å²) in [6.07, 6.45) is 0. The highest BCUT2D eigenvalue weighted by Crippen LogP contribution is 2.38. The van der Waals surface area contributed by atoms with Gasteiger partial charge in [-0.15, -0.1) is 0 Å². The van der Waals surface area contributed by atoms with Crippen LogP contribution in [0.25, 0.3) is 44.0 Å². The van der Waals surface area contributed by atoms with Gasteiger partial charge in [0, 0.05) is 5.56 Å². The Morgan fingerprint density at radius 3 is 2.55 bits per heavy atom. The molecule has 0 saturated carbocycles. The molecule has 142 valence electrons. The lowest BCUT2D eigenvalue weighted by atomic mass is 9.99. The molecule has 0 radical (unpaired) electrons. The van der Waals surface area contributed by atoms with Crippen molar-refractivity contribution in [1.82, 2.24) is 4.98 Å². The van der Waals surface area contributed by atoms with Crippen molar-refractivity contribution in [1.29, 1.82) is 0 Å². The Balaban J connectivity index is 1.99. The number of carbonyl (C=O) groups excluding carboxylic acids is 1. The molecule has 0 amide bonds. The van der Waals surface area contributed by atoms with Crippen molar-refractivity contribution in [2.75, 3.05) is 6.61 Å². The van der Waals surface area contributed by atoms with Crippen LogP contribution in [0.4, 0.5) is 0 Å². The average Bonchev–Trinajstić information content (AvgIpc) is 3.12. The number of rotatable bonds is 3. The van der Waals surface area contributed by atoms with Crippen molar-refractivity contribution in [2.45, 2.75) is 6.92 Å². The highest BCUT2D eigenvalue weighted by atomic mass is 16.5. The number of fused-ring (bicyclic) bond motifs is 5. The molecule has 3 aromatic carbocycles. The molecule has 0 atom stereocenters. The van der Waals surface area contributed by atoms with E-state index in [1.54, 1.807) is 6.92 Å². The monoisotopic (exact) mass is 383 g/mol. The van der Waals surface area contributed by atoms with E-state index in [9.17, 15) is 9.59 Å². The summed E-state index contributed by atoms with van der Waals surface area (Å²) in [5.41, 5.74) is 2.31. The van der Waals surface area contributed by atoms with Crippen molar-refractivity contribution < 1.29 is 13.9 Å². The van der Waals surface area contributed by atoms with Crippen molar-refractivity contribution in [2.24, 2.45) is 0 Å². The number of aromatic nitrogens is 1. The fourth-order valence-electron chi connectivity index (χ4n) is 3.85. The van der Waals surface area contributed by atoms with Crippen LogP contribution < -0.4 is 5.56 Å². The van der Waals surface area contributed by atoms with Crippen molar-refractivity contribution in [3.63, 3.8) is 0 Å². The normalized spacial score (nSPS) is 11.3. The Morgan fingerprint density at radius 1 is 1.00 bits per heavy atom. The Kier molecular flexibility index (Phi) is 3.95. The molecule has 5 nitrogen and oxygen atoms in total. The van der Waals surface area contributed by atoms with Gasteiger partial charge in [-0.05, 0) is 29.3 Å². The minimum atomic E-state index is -0.667. The van der Waals surface area contributed by atoms with Crippen molar-refractivity contribution in [3.8, 4) is 11.1 Å². The summed E-state index contributed by atoms with van der Waals surface area (Å²) in [5, 5.41) is 2.84. The first kappa shape index (κ1) is 17.3. The molecule has 5 heteroatoms. The molecule has 0 unspecified atom stereocenters. The summed E-state index contributed by atoms with van der Waals surface area (Å²) in [6.45, 7) is 1.88. The van der Waals surface area contributed by atoms with Crippen LogP contribution in [-0.2, 0) is 4.74 Å². The number of benzene rings is 3. The zero-order chi connectivity index (χ0) is 20.0. The Morgan fingerprint density at radius 2 is 1.76 bits per heavy atom. The minimum absolute atomic E-state index is 0.0473. The quantitative estimate of drug-likeness (QED) is 0.431. The molecule has 29 heavy (non-hydrogen) atoms. The van der Waals surface area contributed by atoms with Gasteiger partial charge < -0.3 is 14.1 Å². The third-order valence-corrected chi connectivity index (χ3v) is 5.06. The van der Waals surface area contributed by atoms with Gasteiger partial charge in [0.2, 0.25) is 0 Å². The van der Waals surface area contributed by atoms with Gasteiger partial charge in [-0.3, -0.25) is 4.79 Å². The number of carbonyl (C=O) groups is 1. The predicted octanol–water partition coefficient (Wildman–Crippen LogP) is 5.27. The molecular weight excluding hydrogens is 366 g/mol. The van der Waals surface area contributed by atoms with E-state index in [0.29, 0.717) is 22.2 Å². The zero-order valence-corrected chi connectivity index (χ0v) is 15.7. The van der Waals surface area contributed by atoms with Crippen LogP contribution in [0.5, 0.6) is 0 Å². The van der Waals surface area contributed by atoms with Gasteiger partial charge in [0.05, 0.1) is 17.5 Å². The molecule has 1 N–H and O–H groups in total. The molecule has 5 rings (SSSR count). The SMILES string of the molecule is CCOC(=O)c1c(-c2ccccc2)c2oc3ccc4ccccc4c3c2[nH]c1=O. The van der Waals surface area contributed by atoms with Crippen molar-refractivity contribution in [3.05, 3.63) is 82.6 Å². The number of aromatic amines is 1. The largest absolute Gasteiger partial charge is 0.462 e. The minimum Gasteiger partial charge on any atom is -0.462 e. The summed E-state index contributed by atoms with van der Waals surface area (Å²) in [4.78, 5) is 28.5. The topological polar surface area (TPSA) is 72.3 Å². The van der Waals surface area contributed by atoms with Gasteiger partial charge in [0.1, 0.15) is 11.1 Å². The second-order valence-electron chi connectivity index (χ2n) is 6.76. The predicted molar refractivity (Wildman–Crippen MR) is 113 cm³/mol. The van der Waals surface area contributed by atoms with Crippen LogP contribution in [0.2, 0.25) is 0 Å². The Labute approximate surface area is 165 Å². The van der Waals surface area contributed by atoms with E-state index in [2.05, 4.69) is 4.98 Å². The van der Waals surface area contributed by atoms with Gasteiger partial charge >= 0.3 is 5.97 Å². The fourth-order valence-corrected chi connectivity index (χ4v) is 3.85. The molecular formula is C24H17NO4. The second kappa shape index (κ2) is 6.63. The molecule has 2 aromatic heterocycles. The molecule has 0 fully saturated rings. The van der Waals surface area contributed by atoms with E-state index in [1.165, 1.54) is 0 Å². The zero-order valence-electron chi connectivity index (χ0n) is 15.7. The van der Waals surface area contributed by atoms with E-state index >= 15 is 0 Å². The summed E-state index contributed by atoms with van der Waals surface area (Å²) in [7, 11) is 0. The van der Waals surface area contributed by atoms with Crippen LogP contribution in [-0.4, -0.2) is 17.6 Å². The lowest BCUT2D eigenvalue weighted by Gasteiger charge is -2.09. The van der Waals surface area contributed by atoms with Gasteiger partial charge in [0.15, 0.2) is 5.58 Å². The Hall–Kier alpha value is -3.86. The van der Waals surface area contributed by atoms with Crippen LogP contribution in [0.3, 0.4) is 0 Å². The van der Waals surface area contributed by atoms with Gasteiger partial charge in [-0.2, -0.15) is 0 Å². The lowest BCUT2D eigenvalue weighted by Crippen LogP contribution is -2.21. The first-order chi connectivity index (χ1) is 14.2. The number of nitrogens with one attached hydrogen (secondary N) is 1. The molecule has 0 saturated heterocycles. The number of pyridine rings is 1. The maximum Gasteiger partial charge on any atom is 0.344 e. The molecule has 0 aliphatic rings. The average molecular weight is 383 g/mol. The molecule has 0 aliphatic heterocycles. The lowest BCUT2D eigenvalue weighted by molar-refractivity contribution is 0.0525. The molecule has 2 heterocycles. The smallest absolute Gasteiger partial charge is 0.344 e. The molecule has 0 aliphatic carbocycles. The maximum atomic E-state index is 13.0. The van der Waals surface area contributed by atoms with Crippen LogP contribution >= 0.6 is 0 Å². The molecule has 0 bridgehead atoms. The second-order valence-corrected chi connectivity index (χ2v) is 6.76.